The largest absolute Gasteiger partial charge is 0.321 e. The molecule has 4 heavy (non-hydrogen) atoms. The lowest BCUT2D eigenvalue weighted by molar-refractivity contribution is 0.602. The zero-order valence-electron chi connectivity index (χ0n) is 2.29. The first kappa shape index (κ1) is 4.58. The highest BCUT2D eigenvalue weighted by Gasteiger charge is 1.64. The minimum absolute atomic E-state index is 1.48. The van der Waals surface area contributed by atoms with Gasteiger partial charge in [0.15, 0.2) is 7.57 Å². The number of hydrogen-bond donors (Lipinski definition) is 0. The average Bonchev–Trinajstić information content (AvgIpc) is 0.811. The molecular weight excluding hydrogens is 93.2 g/mol. The molecular formula is H3BClOP. The van der Waals surface area contributed by atoms with Crippen molar-refractivity contribution in [3.63, 3.8) is 0 Å². The normalized spacial score (nSPS) is 15.2. The van der Waals surface area contributed by atoms with Gasteiger partial charge >= 0.3 is 0 Å². The standard InChI is InChI=1S/BClH3OP/c1-4(2)3/h4H,1H2. The number of halogens is 1. The Morgan fingerprint density at radius 3 is 2.00 bits per heavy atom. The summed E-state index contributed by atoms with van der Waals surface area (Å²) >= 11 is 4.82. The predicted molar refractivity (Wildman–Crippen MR) is 23.4 cm³/mol. The summed E-state index contributed by atoms with van der Waals surface area (Å²) in [5.41, 5.74) is 0. The Morgan fingerprint density at radius 1 is 2.00 bits per heavy atom. The van der Waals surface area contributed by atoms with Gasteiger partial charge in [-0.15, -0.1) is 0 Å². The van der Waals surface area contributed by atoms with Crippen LogP contribution < -0.4 is 0 Å². The summed E-state index contributed by atoms with van der Waals surface area (Å²) in [6, 6.07) is 0. The van der Waals surface area contributed by atoms with E-state index in [1.807, 2.05) is 0 Å². The van der Waals surface area contributed by atoms with Gasteiger partial charge in [0.2, 0.25) is 0 Å². The van der Waals surface area contributed by atoms with E-state index < -0.39 is 7.03 Å². The van der Waals surface area contributed by atoms with Gasteiger partial charge in [-0.25, -0.2) is 0 Å². The van der Waals surface area contributed by atoms with Crippen molar-refractivity contribution in [3.8, 4) is 0 Å². The zero-order chi connectivity index (χ0) is 3.58. The third-order valence-electron chi connectivity index (χ3n) is 0. The molecule has 4 heteroatoms. The first-order chi connectivity index (χ1) is 1.73. The maximum atomic E-state index is 9.40. The van der Waals surface area contributed by atoms with Crippen molar-refractivity contribution in [2.75, 3.05) is 0 Å². The van der Waals surface area contributed by atoms with Gasteiger partial charge in [-0.1, -0.05) is 11.2 Å². The Kier molecular flexibility index (Phi) is 2.14. The summed E-state index contributed by atoms with van der Waals surface area (Å²) in [5, 5.41) is 0. The molecule has 0 aromatic rings. The van der Waals surface area contributed by atoms with Crippen molar-refractivity contribution in [1.29, 1.82) is 0 Å². The van der Waals surface area contributed by atoms with Crippen LogP contribution >= 0.6 is 18.3 Å². The van der Waals surface area contributed by atoms with E-state index in [4.69, 9.17) is 11.2 Å². The topological polar surface area (TPSA) is 17.1 Å². The first-order valence-corrected chi connectivity index (χ1v) is 3.81. The van der Waals surface area contributed by atoms with Crippen molar-refractivity contribution in [1.82, 2.24) is 0 Å². The van der Waals surface area contributed by atoms with E-state index >= 15 is 0 Å². The summed E-state index contributed by atoms with van der Waals surface area (Å²) in [6.07, 6.45) is 0. The highest BCUT2D eigenvalue weighted by atomic mass is 35.7. The molecule has 1 atom stereocenters. The monoisotopic (exact) mass is 96.0 g/mol. The van der Waals surface area contributed by atoms with Crippen LogP contribution in [0.4, 0.5) is 0 Å². The molecule has 0 saturated heterocycles. The molecule has 0 bridgehead atoms. The fraction of sp³-hybridized carbons (Fsp3) is 0. The molecule has 0 aliphatic carbocycles. The second-order valence-corrected chi connectivity index (χ2v) is 3.01. The van der Waals surface area contributed by atoms with Crippen molar-refractivity contribution in [3.05, 3.63) is 0 Å². The quantitative estimate of drug-likeness (QED) is 0.312. The summed E-state index contributed by atoms with van der Waals surface area (Å²) in [6.45, 7) is 0. The molecule has 0 saturated carbocycles. The van der Waals surface area contributed by atoms with Crippen molar-refractivity contribution in [2.24, 2.45) is 0 Å². The highest BCUT2D eigenvalue weighted by Crippen LogP contribution is 2.16. The van der Waals surface area contributed by atoms with Gasteiger partial charge in [0.1, 0.15) is 7.03 Å². The third kappa shape index (κ3) is 19.0. The Bertz CT molecular complexity index is 31.0. The fourth-order valence-electron chi connectivity index (χ4n) is 0. The van der Waals surface area contributed by atoms with E-state index in [1.165, 1.54) is 7.57 Å². The van der Waals surface area contributed by atoms with Crippen molar-refractivity contribution < 1.29 is 4.57 Å². The number of hydrogen-bond acceptors (Lipinski definition) is 1. The summed E-state index contributed by atoms with van der Waals surface area (Å²) in [5.74, 6) is 0. The Morgan fingerprint density at radius 2 is 2.00 bits per heavy atom. The highest BCUT2D eigenvalue weighted by molar-refractivity contribution is 7.93. The van der Waals surface area contributed by atoms with Gasteiger partial charge in [-0.05, 0) is 0 Å². The van der Waals surface area contributed by atoms with Crippen LogP contribution in [-0.2, 0) is 4.57 Å². The zero-order valence-corrected chi connectivity index (χ0v) is 4.04. The lowest BCUT2D eigenvalue weighted by Crippen LogP contribution is -1.25. The minimum Gasteiger partial charge on any atom is -0.321 e. The molecule has 1 nitrogen and oxygen atoms in total. The SMILES string of the molecule is B[PH](=O)Cl. The molecule has 0 amide bonds. The maximum Gasteiger partial charge on any atom is 0.198 e. The molecule has 0 aliphatic heterocycles. The Hall–Kier alpha value is 0.585. The van der Waals surface area contributed by atoms with E-state index in [2.05, 4.69) is 0 Å². The molecule has 0 fully saturated rings. The van der Waals surface area contributed by atoms with Gasteiger partial charge in [-0.3, -0.25) is 0 Å². The lowest BCUT2D eigenvalue weighted by atomic mass is 10.8. The third-order valence-corrected chi connectivity index (χ3v) is 0. The van der Waals surface area contributed by atoms with Crippen molar-refractivity contribution in [2.45, 2.75) is 0 Å². The molecule has 0 aromatic carbocycles. The van der Waals surface area contributed by atoms with Crippen LogP contribution in [0.15, 0.2) is 0 Å². The van der Waals surface area contributed by atoms with Crippen LogP contribution in [0.2, 0.25) is 0 Å². The fourth-order valence-corrected chi connectivity index (χ4v) is 0. The van der Waals surface area contributed by atoms with Crippen LogP contribution in [0.3, 0.4) is 0 Å². The molecule has 24 valence electrons. The molecule has 0 spiro atoms. The Labute approximate surface area is 31.3 Å². The summed E-state index contributed by atoms with van der Waals surface area (Å²) in [4.78, 5) is 0. The van der Waals surface area contributed by atoms with E-state index in [0.717, 1.165) is 0 Å². The lowest BCUT2D eigenvalue weighted by Gasteiger charge is -1.55. The van der Waals surface area contributed by atoms with E-state index in [-0.39, 0.29) is 0 Å². The molecule has 0 heterocycles. The van der Waals surface area contributed by atoms with E-state index in [1.54, 1.807) is 0 Å². The first-order valence-electron chi connectivity index (χ1n) is 0.893. The van der Waals surface area contributed by atoms with Gasteiger partial charge in [-0.2, -0.15) is 0 Å². The molecule has 0 aliphatic rings. The second-order valence-electron chi connectivity index (χ2n) is 0.470. The van der Waals surface area contributed by atoms with Crippen LogP contribution in [0.25, 0.3) is 0 Å². The van der Waals surface area contributed by atoms with Crippen LogP contribution in [0.5, 0.6) is 0 Å². The average molecular weight is 96.3 g/mol. The molecule has 1 unspecified atom stereocenters. The molecule has 0 N–H and O–H groups in total. The van der Waals surface area contributed by atoms with E-state index in [0.29, 0.717) is 0 Å². The van der Waals surface area contributed by atoms with Gasteiger partial charge in [0, 0.05) is 0 Å². The molecule has 0 rings (SSSR count). The second kappa shape index (κ2) is 1.86. The molecule has 0 radical (unpaired) electrons. The van der Waals surface area contributed by atoms with Gasteiger partial charge in [0.05, 0.1) is 0 Å². The van der Waals surface area contributed by atoms with Gasteiger partial charge < -0.3 is 4.57 Å². The minimum atomic E-state index is -1.66. The van der Waals surface area contributed by atoms with Crippen LogP contribution in [-0.4, -0.2) is 7.57 Å². The molecule has 0 aromatic heterocycles. The van der Waals surface area contributed by atoms with Crippen molar-refractivity contribution >= 4 is 25.8 Å². The number of rotatable bonds is 0. The van der Waals surface area contributed by atoms with Gasteiger partial charge in [0.25, 0.3) is 0 Å². The van der Waals surface area contributed by atoms with Crippen LogP contribution in [0.1, 0.15) is 0 Å². The summed E-state index contributed by atoms with van der Waals surface area (Å²) in [7, 11) is -0.179. The summed E-state index contributed by atoms with van der Waals surface area (Å²) < 4.78 is 9.40. The predicted octanol–water partition coefficient (Wildman–Crippen LogP) is 0.248. The smallest absolute Gasteiger partial charge is 0.198 e. The maximum absolute atomic E-state index is 9.40. The van der Waals surface area contributed by atoms with Crippen LogP contribution in [0, 0.1) is 0 Å². The van der Waals surface area contributed by atoms with E-state index in [9.17, 15) is 4.57 Å². The Balaban J connectivity index is 2.80.